The van der Waals surface area contributed by atoms with E-state index in [9.17, 15) is 0 Å². The van der Waals surface area contributed by atoms with Crippen LogP contribution < -0.4 is 0 Å². The summed E-state index contributed by atoms with van der Waals surface area (Å²) in [6.07, 6.45) is 3.88. The third kappa shape index (κ3) is 2.83. The number of aryl methyl sites for hydroxylation is 1. The SMILES string of the molecule is CCN(/C=C/c1nnn(CC)n1)CC. The van der Waals surface area contributed by atoms with Crippen LogP contribution in [0, 0.1) is 0 Å². The molecule has 0 atom stereocenters. The number of nitrogens with zero attached hydrogens (tertiary/aromatic N) is 5. The van der Waals surface area contributed by atoms with Gasteiger partial charge in [-0.2, -0.15) is 4.80 Å². The van der Waals surface area contributed by atoms with E-state index in [-0.39, 0.29) is 0 Å². The summed E-state index contributed by atoms with van der Waals surface area (Å²) in [5.41, 5.74) is 0. The Kier molecular flexibility index (Phi) is 4.10. The maximum absolute atomic E-state index is 4.15. The van der Waals surface area contributed by atoms with Crippen molar-refractivity contribution in [2.75, 3.05) is 13.1 Å². The summed E-state index contributed by atoms with van der Waals surface area (Å²) in [4.78, 5) is 3.74. The third-order valence-electron chi connectivity index (χ3n) is 2.00. The summed E-state index contributed by atoms with van der Waals surface area (Å²) >= 11 is 0. The van der Waals surface area contributed by atoms with Gasteiger partial charge in [0.25, 0.3) is 0 Å². The fraction of sp³-hybridized carbons (Fsp3) is 0.667. The Balaban J connectivity index is 2.58. The first-order chi connectivity index (χ1) is 6.80. The van der Waals surface area contributed by atoms with Gasteiger partial charge < -0.3 is 4.90 Å². The minimum Gasteiger partial charge on any atom is -0.378 e. The largest absolute Gasteiger partial charge is 0.378 e. The average molecular weight is 195 g/mol. The fourth-order valence-corrected chi connectivity index (χ4v) is 1.06. The Labute approximate surface area is 84.4 Å². The molecule has 1 rings (SSSR count). The van der Waals surface area contributed by atoms with Gasteiger partial charge in [-0.15, -0.1) is 10.2 Å². The van der Waals surface area contributed by atoms with Gasteiger partial charge in [0.2, 0.25) is 0 Å². The monoisotopic (exact) mass is 195 g/mol. The maximum atomic E-state index is 4.15. The molecule has 0 aliphatic carbocycles. The summed E-state index contributed by atoms with van der Waals surface area (Å²) in [5.74, 6) is 0.666. The first kappa shape index (κ1) is 10.7. The van der Waals surface area contributed by atoms with Crippen LogP contribution >= 0.6 is 0 Å². The smallest absolute Gasteiger partial charge is 0.199 e. The van der Waals surface area contributed by atoms with E-state index in [2.05, 4.69) is 34.2 Å². The van der Waals surface area contributed by atoms with Crippen LogP contribution in [0.1, 0.15) is 26.6 Å². The minimum absolute atomic E-state index is 0.666. The van der Waals surface area contributed by atoms with E-state index in [1.807, 2.05) is 19.2 Å². The minimum atomic E-state index is 0.666. The number of hydrogen-bond donors (Lipinski definition) is 0. The normalized spacial score (nSPS) is 11.1. The molecule has 1 heterocycles. The lowest BCUT2D eigenvalue weighted by molar-refractivity contribution is 0.421. The van der Waals surface area contributed by atoms with Crippen LogP contribution in [0.25, 0.3) is 6.08 Å². The van der Waals surface area contributed by atoms with Gasteiger partial charge in [0.15, 0.2) is 5.82 Å². The van der Waals surface area contributed by atoms with Gasteiger partial charge >= 0.3 is 0 Å². The molecule has 0 aliphatic rings. The number of rotatable bonds is 5. The van der Waals surface area contributed by atoms with Gasteiger partial charge in [0.05, 0.1) is 6.54 Å². The van der Waals surface area contributed by atoms with Crippen molar-refractivity contribution in [3.63, 3.8) is 0 Å². The van der Waals surface area contributed by atoms with Crippen molar-refractivity contribution in [1.29, 1.82) is 0 Å². The van der Waals surface area contributed by atoms with E-state index in [1.54, 1.807) is 4.80 Å². The van der Waals surface area contributed by atoms with Crippen molar-refractivity contribution in [3.05, 3.63) is 12.0 Å². The van der Waals surface area contributed by atoms with Crippen molar-refractivity contribution in [1.82, 2.24) is 25.1 Å². The first-order valence-electron chi connectivity index (χ1n) is 5.00. The zero-order valence-electron chi connectivity index (χ0n) is 9.01. The topological polar surface area (TPSA) is 46.8 Å². The molecule has 1 aromatic heterocycles. The zero-order chi connectivity index (χ0) is 10.4. The van der Waals surface area contributed by atoms with Crippen molar-refractivity contribution < 1.29 is 0 Å². The Morgan fingerprint density at radius 2 is 2.00 bits per heavy atom. The lowest BCUT2D eigenvalue weighted by atomic mass is 10.5. The van der Waals surface area contributed by atoms with E-state index in [4.69, 9.17) is 0 Å². The molecule has 0 fully saturated rings. The molecule has 0 saturated heterocycles. The van der Waals surface area contributed by atoms with Gasteiger partial charge in [0.1, 0.15) is 0 Å². The van der Waals surface area contributed by atoms with Gasteiger partial charge in [-0.3, -0.25) is 0 Å². The van der Waals surface area contributed by atoms with Gasteiger partial charge in [-0.05, 0) is 26.0 Å². The summed E-state index contributed by atoms with van der Waals surface area (Å²) in [6, 6.07) is 0. The van der Waals surface area contributed by atoms with Crippen LogP contribution in [0.4, 0.5) is 0 Å². The van der Waals surface area contributed by atoms with Crippen molar-refractivity contribution in [2.24, 2.45) is 0 Å². The first-order valence-corrected chi connectivity index (χ1v) is 5.00. The van der Waals surface area contributed by atoms with Crippen molar-refractivity contribution >= 4 is 6.08 Å². The second-order valence-corrected chi connectivity index (χ2v) is 2.87. The molecule has 0 spiro atoms. The van der Waals surface area contributed by atoms with Crippen LogP contribution in [0.3, 0.4) is 0 Å². The number of tetrazole rings is 1. The highest BCUT2D eigenvalue weighted by Crippen LogP contribution is 1.94. The second kappa shape index (κ2) is 5.36. The number of hydrogen-bond acceptors (Lipinski definition) is 4. The van der Waals surface area contributed by atoms with E-state index in [0.717, 1.165) is 19.6 Å². The lowest BCUT2D eigenvalue weighted by Gasteiger charge is -2.13. The van der Waals surface area contributed by atoms with Crippen molar-refractivity contribution in [2.45, 2.75) is 27.3 Å². The lowest BCUT2D eigenvalue weighted by Crippen LogP contribution is -2.14. The molecule has 5 nitrogen and oxygen atoms in total. The van der Waals surface area contributed by atoms with E-state index >= 15 is 0 Å². The molecule has 78 valence electrons. The van der Waals surface area contributed by atoms with E-state index < -0.39 is 0 Å². The summed E-state index contributed by atoms with van der Waals surface area (Å²) < 4.78 is 0. The molecule has 0 aromatic carbocycles. The Hall–Kier alpha value is -1.39. The third-order valence-corrected chi connectivity index (χ3v) is 2.00. The van der Waals surface area contributed by atoms with E-state index in [1.165, 1.54) is 0 Å². The molecule has 0 aliphatic heterocycles. The molecule has 0 bridgehead atoms. The quantitative estimate of drug-likeness (QED) is 0.703. The molecule has 0 N–H and O–H groups in total. The summed E-state index contributed by atoms with van der Waals surface area (Å²) in [6.45, 7) is 8.96. The molecule has 0 unspecified atom stereocenters. The van der Waals surface area contributed by atoms with Gasteiger partial charge in [0, 0.05) is 25.4 Å². The Morgan fingerprint density at radius 3 is 2.50 bits per heavy atom. The molecule has 0 radical (unpaired) electrons. The predicted molar refractivity (Wildman–Crippen MR) is 55.4 cm³/mol. The van der Waals surface area contributed by atoms with Crippen LogP contribution in [-0.2, 0) is 6.54 Å². The second-order valence-electron chi connectivity index (χ2n) is 2.87. The standard InChI is InChI=1S/C9H17N5/c1-4-13(5-2)8-7-9-10-12-14(6-3)11-9/h7-8H,4-6H2,1-3H3/b8-7+. The highest BCUT2D eigenvalue weighted by atomic mass is 15.6. The van der Waals surface area contributed by atoms with Gasteiger partial charge in [-0.25, -0.2) is 0 Å². The zero-order valence-corrected chi connectivity index (χ0v) is 9.01. The van der Waals surface area contributed by atoms with E-state index in [0.29, 0.717) is 5.82 Å². The van der Waals surface area contributed by atoms with Crippen LogP contribution in [0.15, 0.2) is 6.20 Å². The van der Waals surface area contributed by atoms with Crippen LogP contribution in [0.5, 0.6) is 0 Å². The molecule has 14 heavy (non-hydrogen) atoms. The highest BCUT2D eigenvalue weighted by molar-refractivity contribution is 5.37. The van der Waals surface area contributed by atoms with Crippen molar-refractivity contribution in [3.8, 4) is 0 Å². The molecular weight excluding hydrogens is 178 g/mol. The Morgan fingerprint density at radius 1 is 1.29 bits per heavy atom. The van der Waals surface area contributed by atoms with Crippen LogP contribution in [-0.4, -0.2) is 38.2 Å². The summed E-state index contributed by atoms with van der Waals surface area (Å²) in [5, 5.41) is 11.9. The predicted octanol–water partition coefficient (Wildman–Crippen LogP) is 1.01. The maximum Gasteiger partial charge on any atom is 0.199 e. The molecule has 1 aromatic rings. The van der Waals surface area contributed by atoms with Crippen LogP contribution in [0.2, 0.25) is 0 Å². The molecular formula is C9H17N5. The number of aromatic nitrogens is 4. The van der Waals surface area contributed by atoms with Gasteiger partial charge in [-0.1, -0.05) is 0 Å². The molecule has 0 saturated carbocycles. The Bertz CT molecular complexity index is 287. The molecule has 5 heteroatoms. The highest BCUT2D eigenvalue weighted by Gasteiger charge is 1.96. The average Bonchev–Trinajstić information content (AvgIpc) is 2.67. The fourth-order valence-electron chi connectivity index (χ4n) is 1.06. The molecule has 0 amide bonds. The summed E-state index contributed by atoms with van der Waals surface area (Å²) in [7, 11) is 0.